The summed E-state index contributed by atoms with van der Waals surface area (Å²) in [4.78, 5) is 26.3. The van der Waals surface area contributed by atoms with E-state index < -0.39 is 17.8 Å². The summed E-state index contributed by atoms with van der Waals surface area (Å²) in [6, 6.07) is 23.1. The summed E-state index contributed by atoms with van der Waals surface area (Å²) in [6.07, 6.45) is 4.97. The van der Waals surface area contributed by atoms with Crippen LogP contribution in [0.4, 0.5) is 4.79 Å². The summed E-state index contributed by atoms with van der Waals surface area (Å²) in [5, 5.41) is 10.8. The molecule has 1 amide bonds. The van der Waals surface area contributed by atoms with Crippen LogP contribution in [0.25, 0.3) is 11.1 Å². The van der Waals surface area contributed by atoms with Crippen LogP contribution in [0, 0.1) is 0 Å². The number of esters is 1. The second-order valence-electron chi connectivity index (χ2n) is 11.9. The van der Waals surface area contributed by atoms with E-state index in [1.54, 1.807) is 11.0 Å². The van der Waals surface area contributed by atoms with Gasteiger partial charge in [-0.05, 0) is 87.3 Å². The Morgan fingerprint density at radius 3 is 2.21 bits per heavy atom. The third-order valence-electron chi connectivity index (χ3n) is 7.23. The van der Waals surface area contributed by atoms with Gasteiger partial charge in [-0.15, -0.1) is 0 Å². The third kappa shape index (κ3) is 9.35. The van der Waals surface area contributed by atoms with Crippen molar-refractivity contribution in [2.24, 2.45) is 0 Å². The van der Waals surface area contributed by atoms with E-state index in [0.717, 1.165) is 47.9 Å². The number of aliphatic hydroxyl groups is 1. The maximum Gasteiger partial charge on any atom is 0.410 e. The number of rotatable bonds is 10. The molecule has 0 aromatic heterocycles. The van der Waals surface area contributed by atoms with Gasteiger partial charge in [-0.2, -0.15) is 0 Å². The van der Waals surface area contributed by atoms with Crippen LogP contribution in [-0.4, -0.2) is 46.9 Å². The largest absolute Gasteiger partial charge is 0.486 e. The van der Waals surface area contributed by atoms with Gasteiger partial charge in [0, 0.05) is 13.5 Å². The fraction of sp³-hybridized carbons (Fsp3) is 0.429. The van der Waals surface area contributed by atoms with Gasteiger partial charge in [-0.1, -0.05) is 67.1 Å². The van der Waals surface area contributed by atoms with Crippen molar-refractivity contribution in [3.63, 3.8) is 0 Å². The Hall–Kier alpha value is -3.84. The van der Waals surface area contributed by atoms with Crippen molar-refractivity contribution in [3.8, 4) is 22.6 Å². The highest BCUT2D eigenvalue weighted by Gasteiger charge is 2.25. The van der Waals surface area contributed by atoms with Crippen molar-refractivity contribution < 1.29 is 28.9 Å². The molecule has 1 aliphatic carbocycles. The van der Waals surface area contributed by atoms with Gasteiger partial charge in [-0.3, -0.25) is 4.79 Å². The molecule has 3 aromatic rings. The van der Waals surface area contributed by atoms with E-state index >= 15 is 0 Å². The lowest BCUT2D eigenvalue weighted by molar-refractivity contribution is -0.132. The predicted molar refractivity (Wildman–Crippen MR) is 164 cm³/mol. The molecule has 0 unspecified atom stereocenters. The van der Waals surface area contributed by atoms with Gasteiger partial charge in [0.05, 0.1) is 18.8 Å². The van der Waals surface area contributed by atoms with Crippen molar-refractivity contribution in [1.82, 2.24) is 4.90 Å². The number of aliphatic hydroxyl groups excluding tert-OH is 1. The summed E-state index contributed by atoms with van der Waals surface area (Å²) in [7, 11) is 0. The van der Waals surface area contributed by atoms with Crippen LogP contribution >= 0.6 is 0 Å². The molecule has 1 fully saturated rings. The number of amides is 1. The molecule has 7 heteroatoms. The minimum Gasteiger partial charge on any atom is -0.486 e. The number of carbonyl (C=O) groups is 2. The van der Waals surface area contributed by atoms with E-state index in [-0.39, 0.29) is 18.6 Å². The summed E-state index contributed by atoms with van der Waals surface area (Å²) in [5.74, 6) is 0.648. The zero-order chi connectivity index (χ0) is 30.1. The molecule has 1 atom stereocenters. The first kappa shape index (κ1) is 31.1. The number of ether oxygens (including phenoxy) is 3. The molecule has 0 heterocycles. The van der Waals surface area contributed by atoms with Gasteiger partial charge >= 0.3 is 12.1 Å². The Morgan fingerprint density at radius 1 is 0.905 bits per heavy atom. The molecule has 7 nitrogen and oxygen atoms in total. The smallest absolute Gasteiger partial charge is 0.410 e. The third-order valence-corrected chi connectivity index (χ3v) is 7.23. The lowest BCUT2D eigenvalue weighted by Crippen LogP contribution is -2.40. The fourth-order valence-electron chi connectivity index (χ4n) is 5.08. The van der Waals surface area contributed by atoms with E-state index in [9.17, 15) is 14.7 Å². The molecule has 0 aliphatic heterocycles. The first-order chi connectivity index (χ1) is 20.1. The van der Waals surface area contributed by atoms with Crippen molar-refractivity contribution in [2.75, 3.05) is 13.1 Å². The molecule has 42 heavy (non-hydrogen) atoms. The Bertz CT molecular complexity index is 1310. The summed E-state index contributed by atoms with van der Waals surface area (Å²) in [6.45, 7) is 7.42. The molecule has 0 bridgehead atoms. The highest BCUT2D eigenvalue weighted by molar-refractivity contribution is 5.73. The molecule has 0 radical (unpaired) electrons. The van der Waals surface area contributed by atoms with Gasteiger partial charge < -0.3 is 24.2 Å². The Kier molecular flexibility index (Phi) is 10.6. The molecule has 3 aromatic carbocycles. The van der Waals surface area contributed by atoms with Gasteiger partial charge in [0.25, 0.3) is 0 Å². The van der Waals surface area contributed by atoms with Crippen LogP contribution in [-0.2, 0) is 16.0 Å². The maximum atomic E-state index is 13.0. The second kappa shape index (κ2) is 14.4. The number of hydrogen-bond acceptors (Lipinski definition) is 6. The normalized spacial score (nSPS) is 14.6. The van der Waals surface area contributed by atoms with Crippen molar-refractivity contribution in [1.29, 1.82) is 0 Å². The zero-order valence-corrected chi connectivity index (χ0v) is 25.2. The molecule has 4 rings (SSSR count). The Morgan fingerprint density at radius 2 is 1.57 bits per heavy atom. The van der Waals surface area contributed by atoms with Crippen molar-refractivity contribution in [2.45, 2.75) is 84.0 Å². The van der Waals surface area contributed by atoms with Crippen LogP contribution in [0.3, 0.4) is 0 Å². The number of carbonyl (C=O) groups excluding carboxylic acids is 2. The summed E-state index contributed by atoms with van der Waals surface area (Å²) >= 11 is 0. The van der Waals surface area contributed by atoms with Crippen LogP contribution in [0.5, 0.6) is 11.5 Å². The monoisotopic (exact) mass is 573 g/mol. The Labute approximate surface area is 249 Å². The topological polar surface area (TPSA) is 85.3 Å². The quantitative estimate of drug-likeness (QED) is 0.200. The molecular formula is C35H43NO6. The Balaban J connectivity index is 1.46. The predicted octanol–water partition coefficient (Wildman–Crippen LogP) is 7.50. The van der Waals surface area contributed by atoms with Gasteiger partial charge in [0.2, 0.25) is 0 Å². The summed E-state index contributed by atoms with van der Waals surface area (Å²) in [5.41, 5.74) is 3.13. The molecule has 0 saturated heterocycles. The lowest BCUT2D eigenvalue weighted by atomic mass is 9.97. The zero-order valence-electron chi connectivity index (χ0n) is 25.2. The first-order valence-electron chi connectivity index (χ1n) is 14.9. The average Bonchev–Trinajstić information content (AvgIpc) is 2.96. The number of benzene rings is 3. The minimum atomic E-state index is -0.818. The van der Waals surface area contributed by atoms with Gasteiger partial charge in [-0.25, -0.2) is 4.79 Å². The molecule has 224 valence electrons. The van der Waals surface area contributed by atoms with Crippen LogP contribution < -0.4 is 9.47 Å². The molecular weight excluding hydrogens is 530 g/mol. The molecule has 0 spiro atoms. The van der Waals surface area contributed by atoms with E-state index in [1.807, 2.05) is 87.5 Å². The standard InChI is InChI=1S/C35H43NO6/c1-25(37)40-32-20-19-29(23-33(32)41-30-13-9-6-10-14-30)27-17-15-26(16-18-27)21-22-36(34(39)42-35(2,3)4)24-31(38)28-11-7-5-8-12-28/h5,7-8,11-12,15-20,23,30-31,38H,6,9-10,13-14,21-22,24H2,1-4H3/t31-/m0/s1. The SMILES string of the molecule is CC(=O)Oc1ccc(-c2ccc(CCN(C[C@H](O)c3ccccc3)C(=O)OC(C)(C)C)cc2)cc1OC1CCCCC1. The second-order valence-corrected chi connectivity index (χ2v) is 11.9. The highest BCUT2D eigenvalue weighted by atomic mass is 16.6. The minimum absolute atomic E-state index is 0.124. The molecule has 1 saturated carbocycles. The number of nitrogens with zero attached hydrogens (tertiary/aromatic N) is 1. The van der Waals surface area contributed by atoms with Gasteiger partial charge in [0.15, 0.2) is 11.5 Å². The van der Waals surface area contributed by atoms with Crippen LogP contribution in [0.1, 0.15) is 77.0 Å². The van der Waals surface area contributed by atoms with E-state index in [0.29, 0.717) is 24.5 Å². The van der Waals surface area contributed by atoms with Crippen molar-refractivity contribution in [3.05, 3.63) is 83.9 Å². The molecule has 1 N–H and O–H groups in total. The fourth-order valence-corrected chi connectivity index (χ4v) is 5.08. The average molecular weight is 574 g/mol. The van der Waals surface area contributed by atoms with Crippen LogP contribution in [0.15, 0.2) is 72.8 Å². The highest BCUT2D eigenvalue weighted by Crippen LogP contribution is 2.35. The first-order valence-corrected chi connectivity index (χ1v) is 14.9. The van der Waals surface area contributed by atoms with Crippen LogP contribution in [0.2, 0.25) is 0 Å². The number of hydrogen-bond donors (Lipinski definition) is 1. The van der Waals surface area contributed by atoms with E-state index in [1.165, 1.54) is 13.3 Å². The lowest BCUT2D eigenvalue weighted by Gasteiger charge is -2.29. The maximum absolute atomic E-state index is 13.0. The van der Waals surface area contributed by atoms with E-state index in [4.69, 9.17) is 14.2 Å². The molecule has 1 aliphatic rings. The van der Waals surface area contributed by atoms with Crippen molar-refractivity contribution >= 4 is 12.1 Å². The van der Waals surface area contributed by atoms with E-state index in [2.05, 4.69) is 0 Å². The van der Waals surface area contributed by atoms with Gasteiger partial charge in [0.1, 0.15) is 5.60 Å². The summed E-state index contributed by atoms with van der Waals surface area (Å²) < 4.78 is 17.4.